The molecule has 1 aliphatic rings. The highest BCUT2D eigenvalue weighted by Crippen LogP contribution is 2.11. The summed E-state index contributed by atoms with van der Waals surface area (Å²) in [5.41, 5.74) is 5.33. The number of rotatable bonds is 5. The lowest BCUT2D eigenvalue weighted by Gasteiger charge is -2.08. The number of amides is 1. The first-order valence-corrected chi connectivity index (χ1v) is 5.24. The maximum atomic E-state index is 11.4. The van der Waals surface area contributed by atoms with Crippen molar-refractivity contribution in [2.75, 3.05) is 19.8 Å². The molecular formula is C9H16N2O2S. The van der Waals surface area contributed by atoms with Crippen LogP contribution in [0.15, 0.2) is 0 Å². The van der Waals surface area contributed by atoms with Crippen LogP contribution in [0.25, 0.3) is 0 Å². The van der Waals surface area contributed by atoms with E-state index in [9.17, 15) is 4.79 Å². The molecule has 4 nitrogen and oxygen atoms in total. The van der Waals surface area contributed by atoms with Crippen LogP contribution >= 0.6 is 12.2 Å². The van der Waals surface area contributed by atoms with E-state index in [0.717, 1.165) is 12.8 Å². The fourth-order valence-corrected chi connectivity index (χ4v) is 1.50. The minimum Gasteiger partial charge on any atom is -0.393 e. The van der Waals surface area contributed by atoms with Crippen molar-refractivity contribution in [3.05, 3.63) is 0 Å². The van der Waals surface area contributed by atoms with Crippen molar-refractivity contribution in [3.63, 3.8) is 0 Å². The van der Waals surface area contributed by atoms with E-state index in [4.69, 9.17) is 22.7 Å². The summed E-state index contributed by atoms with van der Waals surface area (Å²) in [6.45, 7) is 1.90. The molecule has 1 saturated heterocycles. The average Bonchev–Trinajstić information content (AvgIpc) is 2.64. The zero-order valence-corrected chi connectivity index (χ0v) is 8.94. The molecular weight excluding hydrogens is 200 g/mol. The van der Waals surface area contributed by atoms with Crippen LogP contribution in [0.5, 0.6) is 0 Å². The fraction of sp³-hybridized carbons (Fsp3) is 0.778. The van der Waals surface area contributed by atoms with Gasteiger partial charge in [0.2, 0.25) is 5.91 Å². The largest absolute Gasteiger partial charge is 0.393 e. The number of carbonyl (C=O) groups excluding carboxylic acids is 1. The van der Waals surface area contributed by atoms with Crippen LogP contribution in [-0.4, -0.2) is 30.7 Å². The van der Waals surface area contributed by atoms with E-state index >= 15 is 0 Å². The normalized spacial score (nSPS) is 20.7. The van der Waals surface area contributed by atoms with Crippen LogP contribution < -0.4 is 11.1 Å². The van der Waals surface area contributed by atoms with E-state index in [2.05, 4.69) is 5.32 Å². The molecule has 0 saturated carbocycles. The quantitative estimate of drug-likeness (QED) is 0.509. The molecule has 0 aromatic carbocycles. The Morgan fingerprint density at radius 3 is 3.00 bits per heavy atom. The molecule has 3 N–H and O–H groups in total. The fourth-order valence-electron chi connectivity index (χ4n) is 1.36. The molecule has 0 aromatic heterocycles. The van der Waals surface area contributed by atoms with Gasteiger partial charge in [-0.3, -0.25) is 4.79 Å². The van der Waals surface area contributed by atoms with Gasteiger partial charge in [-0.15, -0.1) is 0 Å². The number of ether oxygens (including phenoxy) is 1. The molecule has 1 heterocycles. The minimum absolute atomic E-state index is 0.0415. The van der Waals surface area contributed by atoms with Crippen molar-refractivity contribution in [1.29, 1.82) is 0 Å². The second-order valence-electron chi connectivity index (χ2n) is 3.42. The monoisotopic (exact) mass is 216 g/mol. The van der Waals surface area contributed by atoms with E-state index in [0.29, 0.717) is 31.2 Å². The zero-order chi connectivity index (χ0) is 10.4. The van der Waals surface area contributed by atoms with Crippen molar-refractivity contribution in [1.82, 2.24) is 5.32 Å². The third-order valence-corrected chi connectivity index (χ3v) is 2.40. The highest BCUT2D eigenvalue weighted by atomic mass is 32.1. The smallest absolute Gasteiger partial charge is 0.225 e. The van der Waals surface area contributed by atoms with Crippen molar-refractivity contribution in [2.24, 2.45) is 11.7 Å². The number of carbonyl (C=O) groups is 1. The second kappa shape index (κ2) is 5.93. The van der Waals surface area contributed by atoms with E-state index in [1.807, 2.05) is 0 Å². The Bertz CT molecular complexity index is 215. The average molecular weight is 216 g/mol. The molecule has 0 spiro atoms. The Morgan fingerprint density at radius 2 is 2.43 bits per heavy atom. The Kier molecular flexibility index (Phi) is 4.82. The summed E-state index contributed by atoms with van der Waals surface area (Å²) in [5, 5.41) is 2.85. The minimum atomic E-state index is 0.0415. The summed E-state index contributed by atoms with van der Waals surface area (Å²) in [5.74, 6) is 0.130. The lowest BCUT2D eigenvalue weighted by Crippen LogP contribution is -2.32. The Morgan fingerprint density at radius 1 is 1.64 bits per heavy atom. The molecule has 1 unspecified atom stereocenters. The molecule has 80 valence electrons. The summed E-state index contributed by atoms with van der Waals surface area (Å²) in [7, 11) is 0. The second-order valence-corrected chi connectivity index (χ2v) is 3.95. The zero-order valence-electron chi connectivity index (χ0n) is 8.12. The number of hydrogen-bond acceptors (Lipinski definition) is 3. The van der Waals surface area contributed by atoms with Gasteiger partial charge in [0.1, 0.15) is 0 Å². The van der Waals surface area contributed by atoms with Crippen LogP contribution in [0.2, 0.25) is 0 Å². The van der Waals surface area contributed by atoms with Gasteiger partial charge < -0.3 is 15.8 Å². The molecule has 0 aromatic rings. The lowest BCUT2D eigenvalue weighted by molar-refractivity contribution is -0.124. The number of thiocarbonyl (C=S) groups is 1. The molecule has 1 atom stereocenters. The van der Waals surface area contributed by atoms with Crippen LogP contribution in [0.1, 0.15) is 19.3 Å². The van der Waals surface area contributed by atoms with Gasteiger partial charge in [0.05, 0.1) is 17.5 Å². The van der Waals surface area contributed by atoms with E-state index < -0.39 is 0 Å². The predicted octanol–water partition coefficient (Wildman–Crippen LogP) is 0.205. The topological polar surface area (TPSA) is 64.3 Å². The number of hydrogen-bond donors (Lipinski definition) is 2. The van der Waals surface area contributed by atoms with Gasteiger partial charge in [-0.1, -0.05) is 12.2 Å². The predicted molar refractivity (Wildman–Crippen MR) is 58.0 cm³/mol. The Balaban J connectivity index is 2.05. The number of nitrogens with one attached hydrogen (secondary N) is 1. The maximum absolute atomic E-state index is 11.4. The highest BCUT2D eigenvalue weighted by molar-refractivity contribution is 7.80. The molecule has 5 heteroatoms. The SMILES string of the molecule is NC(=S)CCCNC(=O)C1CCOC1. The van der Waals surface area contributed by atoms with Crippen LogP contribution in [-0.2, 0) is 9.53 Å². The number of nitrogens with two attached hydrogens (primary N) is 1. The van der Waals surface area contributed by atoms with Gasteiger partial charge >= 0.3 is 0 Å². The van der Waals surface area contributed by atoms with Gasteiger partial charge in [-0.05, 0) is 19.3 Å². The van der Waals surface area contributed by atoms with Gasteiger partial charge in [0, 0.05) is 13.2 Å². The Labute approximate surface area is 89.2 Å². The maximum Gasteiger partial charge on any atom is 0.225 e. The van der Waals surface area contributed by atoms with E-state index in [1.165, 1.54) is 0 Å². The van der Waals surface area contributed by atoms with Crippen molar-refractivity contribution in [2.45, 2.75) is 19.3 Å². The van der Waals surface area contributed by atoms with Crippen molar-refractivity contribution in [3.8, 4) is 0 Å². The first-order valence-electron chi connectivity index (χ1n) is 4.84. The summed E-state index contributed by atoms with van der Waals surface area (Å²) >= 11 is 4.73. The first-order chi connectivity index (χ1) is 6.70. The summed E-state index contributed by atoms with van der Waals surface area (Å²) in [4.78, 5) is 11.9. The van der Waals surface area contributed by atoms with Crippen LogP contribution in [0.3, 0.4) is 0 Å². The van der Waals surface area contributed by atoms with E-state index in [1.54, 1.807) is 0 Å². The van der Waals surface area contributed by atoms with Gasteiger partial charge in [0.15, 0.2) is 0 Å². The molecule has 1 rings (SSSR count). The van der Waals surface area contributed by atoms with Gasteiger partial charge in [0.25, 0.3) is 0 Å². The standard InChI is InChI=1S/C9H16N2O2S/c10-8(14)2-1-4-11-9(12)7-3-5-13-6-7/h7H,1-6H2,(H2,10,14)(H,11,12). The van der Waals surface area contributed by atoms with Gasteiger partial charge in [-0.25, -0.2) is 0 Å². The third-order valence-electron chi connectivity index (χ3n) is 2.20. The van der Waals surface area contributed by atoms with Crippen molar-refractivity contribution >= 4 is 23.1 Å². The van der Waals surface area contributed by atoms with Gasteiger partial charge in [-0.2, -0.15) is 0 Å². The third kappa shape index (κ3) is 4.02. The van der Waals surface area contributed by atoms with Crippen LogP contribution in [0, 0.1) is 5.92 Å². The summed E-state index contributed by atoms with van der Waals surface area (Å²) in [6, 6.07) is 0. The molecule has 0 radical (unpaired) electrons. The highest BCUT2D eigenvalue weighted by Gasteiger charge is 2.22. The molecule has 14 heavy (non-hydrogen) atoms. The Hall–Kier alpha value is -0.680. The summed E-state index contributed by atoms with van der Waals surface area (Å²) < 4.78 is 5.12. The molecule has 1 aliphatic heterocycles. The molecule has 1 fully saturated rings. The summed E-state index contributed by atoms with van der Waals surface area (Å²) in [6.07, 6.45) is 2.34. The van der Waals surface area contributed by atoms with E-state index in [-0.39, 0.29) is 11.8 Å². The molecule has 0 bridgehead atoms. The molecule has 1 amide bonds. The molecule has 0 aliphatic carbocycles. The van der Waals surface area contributed by atoms with Crippen molar-refractivity contribution < 1.29 is 9.53 Å². The first kappa shape index (κ1) is 11.4. The van der Waals surface area contributed by atoms with Crippen LogP contribution in [0.4, 0.5) is 0 Å². The lowest BCUT2D eigenvalue weighted by atomic mass is 10.1.